The molecular formula is C18H24N2O4. The molecule has 0 aromatic heterocycles. The van der Waals surface area contributed by atoms with Gasteiger partial charge in [-0.3, -0.25) is 9.59 Å². The zero-order valence-electron chi connectivity index (χ0n) is 14.2. The second kappa shape index (κ2) is 7.11. The van der Waals surface area contributed by atoms with Crippen molar-refractivity contribution in [1.29, 1.82) is 0 Å². The molecule has 0 spiro atoms. The summed E-state index contributed by atoms with van der Waals surface area (Å²) in [6, 6.07) is 5.60. The molecule has 1 aliphatic carbocycles. The summed E-state index contributed by atoms with van der Waals surface area (Å²) < 4.78 is 10.6. The molecule has 6 heteroatoms. The second-order valence-electron chi connectivity index (χ2n) is 6.43. The Hall–Kier alpha value is -2.24. The van der Waals surface area contributed by atoms with E-state index in [1.165, 1.54) is 12.8 Å². The Kier molecular flexibility index (Phi) is 4.92. The van der Waals surface area contributed by atoms with Gasteiger partial charge < -0.3 is 19.7 Å². The first-order valence-corrected chi connectivity index (χ1v) is 8.45. The fourth-order valence-corrected chi connectivity index (χ4v) is 3.51. The van der Waals surface area contributed by atoms with Gasteiger partial charge in [-0.25, -0.2) is 0 Å². The molecule has 24 heavy (non-hydrogen) atoms. The van der Waals surface area contributed by atoms with Crippen molar-refractivity contribution >= 4 is 17.5 Å². The summed E-state index contributed by atoms with van der Waals surface area (Å²) in [5, 5.41) is 3.09. The molecule has 1 N–H and O–H groups in total. The van der Waals surface area contributed by atoms with Gasteiger partial charge in [-0.05, 0) is 25.0 Å². The summed E-state index contributed by atoms with van der Waals surface area (Å²) >= 11 is 0. The highest BCUT2D eigenvalue weighted by Crippen LogP contribution is 2.36. The Morgan fingerprint density at radius 2 is 1.96 bits per heavy atom. The minimum absolute atomic E-state index is 0.0142. The highest BCUT2D eigenvalue weighted by molar-refractivity contribution is 6.01. The van der Waals surface area contributed by atoms with E-state index in [9.17, 15) is 9.59 Å². The number of ether oxygens (including phenoxy) is 2. The van der Waals surface area contributed by atoms with Gasteiger partial charge in [0.1, 0.15) is 11.5 Å². The van der Waals surface area contributed by atoms with Crippen molar-refractivity contribution < 1.29 is 19.1 Å². The van der Waals surface area contributed by atoms with E-state index in [1.807, 2.05) is 0 Å². The van der Waals surface area contributed by atoms with Crippen LogP contribution in [-0.4, -0.2) is 38.6 Å². The molecular weight excluding hydrogens is 308 g/mol. The van der Waals surface area contributed by atoms with Gasteiger partial charge in [0, 0.05) is 25.1 Å². The second-order valence-corrected chi connectivity index (χ2v) is 6.43. The van der Waals surface area contributed by atoms with Crippen LogP contribution in [0, 0.1) is 5.92 Å². The van der Waals surface area contributed by atoms with Crippen LogP contribution in [0.4, 0.5) is 5.69 Å². The van der Waals surface area contributed by atoms with E-state index in [0.717, 1.165) is 12.8 Å². The smallest absolute Gasteiger partial charge is 0.227 e. The van der Waals surface area contributed by atoms with Crippen molar-refractivity contribution in [1.82, 2.24) is 5.32 Å². The first-order valence-electron chi connectivity index (χ1n) is 8.45. The van der Waals surface area contributed by atoms with Crippen molar-refractivity contribution in [2.24, 2.45) is 5.92 Å². The van der Waals surface area contributed by atoms with Gasteiger partial charge in [0.15, 0.2) is 0 Å². The first kappa shape index (κ1) is 16.6. The standard InChI is InChI=1S/C18H24N2O4/c1-23-14-7-8-16(24-2)15(10-14)20-11-12(9-17(20)21)18(22)19-13-5-3-4-6-13/h7-8,10,12-13H,3-6,9,11H2,1-2H3,(H,19,22)/t12-/m1/s1. The number of nitrogens with one attached hydrogen (secondary N) is 1. The van der Waals surface area contributed by atoms with Gasteiger partial charge in [0.25, 0.3) is 0 Å². The number of hydrogen-bond donors (Lipinski definition) is 1. The van der Waals surface area contributed by atoms with Crippen molar-refractivity contribution in [2.45, 2.75) is 38.1 Å². The number of carbonyl (C=O) groups excluding carboxylic acids is 2. The SMILES string of the molecule is COc1ccc(OC)c(N2C[C@H](C(=O)NC3CCCC3)CC2=O)c1. The lowest BCUT2D eigenvalue weighted by molar-refractivity contribution is -0.126. The Morgan fingerprint density at radius 3 is 2.62 bits per heavy atom. The quantitative estimate of drug-likeness (QED) is 0.897. The molecule has 0 unspecified atom stereocenters. The van der Waals surface area contributed by atoms with Crippen molar-refractivity contribution in [3.8, 4) is 11.5 Å². The fraction of sp³-hybridized carbons (Fsp3) is 0.556. The maximum atomic E-state index is 12.5. The predicted molar refractivity (Wildman–Crippen MR) is 90.4 cm³/mol. The van der Waals surface area contributed by atoms with Gasteiger partial charge in [0.2, 0.25) is 11.8 Å². The molecule has 1 heterocycles. The van der Waals surface area contributed by atoms with Crippen LogP contribution in [0.1, 0.15) is 32.1 Å². The van der Waals surface area contributed by atoms with E-state index in [1.54, 1.807) is 37.3 Å². The highest BCUT2D eigenvalue weighted by Gasteiger charge is 2.37. The number of benzene rings is 1. The van der Waals surface area contributed by atoms with Crippen LogP contribution >= 0.6 is 0 Å². The third kappa shape index (κ3) is 3.32. The molecule has 0 bridgehead atoms. The van der Waals surface area contributed by atoms with Gasteiger partial charge in [0.05, 0.1) is 25.8 Å². The lowest BCUT2D eigenvalue weighted by Crippen LogP contribution is -2.38. The average Bonchev–Trinajstić information content (AvgIpc) is 3.23. The number of nitrogens with zero attached hydrogens (tertiary/aromatic N) is 1. The molecule has 130 valence electrons. The lowest BCUT2D eigenvalue weighted by atomic mass is 10.1. The zero-order chi connectivity index (χ0) is 17.1. The number of hydrogen-bond acceptors (Lipinski definition) is 4. The summed E-state index contributed by atoms with van der Waals surface area (Å²) in [6.45, 7) is 0.376. The summed E-state index contributed by atoms with van der Waals surface area (Å²) in [4.78, 5) is 26.5. The van der Waals surface area contributed by atoms with Crippen LogP contribution in [0.2, 0.25) is 0 Å². The Bertz CT molecular complexity index is 625. The Morgan fingerprint density at radius 1 is 1.21 bits per heavy atom. The van der Waals surface area contributed by atoms with E-state index in [4.69, 9.17) is 9.47 Å². The topological polar surface area (TPSA) is 67.9 Å². The molecule has 1 atom stereocenters. The number of rotatable bonds is 5. The van der Waals surface area contributed by atoms with Gasteiger partial charge in [-0.1, -0.05) is 12.8 Å². The van der Waals surface area contributed by atoms with Crippen LogP contribution in [0.25, 0.3) is 0 Å². The normalized spacial score (nSPS) is 21.2. The van der Waals surface area contributed by atoms with E-state index >= 15 is 0 Å². The number of methoxy groups -OCH3 is 2. The molecule has 2 aliphatic rings. The third-order valence-electron chi connectivity index (χ3n) is 4.87. The Labute approximate surface area is 142 Å². The summed E-state index contributed by atoms with van der Waals surface area (Å²) in [5.41, 5.74) is 0.651. The molecule has 6 nitrogen and oxygen atoms in total. The van der Waals surface area contributed by atoms with Gasteiger partial charge in [-0.2, -0.15) is 0 Å². The molecule has 1 saturated heterocycles. The molecule has 1 saturated carbocycles. The molecule has 3 rings (SSSR count). The van der Waals surface area contributed by atoms with Crippen LogP contribution in [0.5, 0.6) is 11.5 Å². The molecule has 2 amide bonds. The maximum Gasteiger partial charge on any atom is 0.227 e. The largest absolute Gasteiger partial charge is 0.497 e. The average molecular weight is 332 g/mol. The summed E-state index contributed by atoms with van der Waals surface area (Å²) in [7, 11) is 3.14. The summed E-state index contributed by atoms with van der Waals surface area (Å²) in [6.07, 6.45) is 4.65. The van der Waals surface area contributed by atoms with Gasteiger partial charge in [-0.15, -0.1) is 0 Å². The first-order chi connectivity index (χ1) is 11.6. The minimum atomic E-state index is -0.311. The van der Waals surface area contributed by atoms with E-state index in [-0.39, 0.29) is 30.2 Å². The van der Waals surface area contributed by atoms with Crippen molar-refractivity contribution in [2.75, 3.05) is 25.7 Å². The molecule has 1 aromatic rings. The van der Waals surface area contributed by atoms with Crippen LogP contribution < -0.4 is 19.7 Å². The fourth-order valence-electron chi connectivity index (χ4n) is 3.51. The van der Waals surface area contributed by atoms with E-state index < -0.39 is 0 Å². The van der Waals surface area contributed by atoms with Crippen LogP contribution in [0.15, 0.2) is 18.2 Å². The van der Waals surface area contributed by atoms with Gasteiger partial charge >= 0.3 is 0 Å². The zero-order valence-corrected chi connectivity index (χ0v) is 14.2. The van der Waals surface area contributed by atoms with E-state index in [0.29, 0.717) is 23.7 Å². The number of amides is 2. The van der Waals surface area contributed by atoms with Crippen LogP contribution in [-0.2, 0) is 9.59 Å². The molecule has 2 fully saturated rings. The lowest BCUT2D eigenvalue weighted by Gasteiger charge is -2.21. The number of anilines is 1. The van der Waals surface area contributed by atoms with E-state index in [2.05, 4.69) is 5.32 Å². The monoisotopic (exact) mass is 332 g/mol. The number of carbonyl (C=O) groups is 2. The predicted octanol–water partition coefficient (Wildman–Crippen LogP) is 2.12. The van der Waals surface area contributed by atoms with Crippen LogP contribution in [0.3, 0.4) is 0 Å². The van der Waals surface area contributed by atoms with Crippen molar-refractivity contribution in [3.63, 3.8) is 0 Å². The maximum absolute atomic E-state index is 12.5. The van der Waals surface area contributed by atoms with Crippen molar-refractivity contribution in [3.05, 3.63) is 18.2 Å². The molecule has 1 aromatic carbocycles. The minimum Gasteiger partial charge on any atom is -0.497 e. The highest BCUT2D eigenvalue weighted by atomic mass is 16.5. The molecule has 0 radical (unpaired) electrons. The third-order valence-corrected chi connectivity index (χ3v) is 4.87. The summed E-state index contributed by atoms with van der Waals surface area (Å²) in [5.74, 6) is 0.861. The molecule has 1 aliphatic heterocycles. The Balaban J connectivity index is 1.73.